The molecule has 6 nitrogen and oxygen atoms in total. The molecule has 0 saturated heterocycles. The minimum atomic E-state index is -1.26. The number of nitrogens with two attached hydrogens (primary N) is 1. The Bertz CT molecular complexity index is 393. The number of aliphatic hydroxyl groups is 1. The first-order valence-electron chi connectivity index (χ1n) is 5.30. The highest BCUT2D eigenvalue weighted by atomic mass is 16.5. The standard InChI is InChI=1S/C10H18BN3O3/c1-9(2,15)10(3,4)17-11(16)7-5-6-13-14-8(7)12/h5-6,15-16H,1-4H3,(H2,12,14). The van der Waals surface area contributed by atoms with Crippen molar-refractivity contribution in [3.8, 4) is 0 Å². The predicted molar refractivity (Wildman–Crippen MR) is 65.5 cm³/mol. The molecule has 0 atom stereocenters. The summed E-state index contributed by atoms with van der Waals surface area (Å²) in [7, 11) is -1.26. The highest BCUT2D eigenvalue weighted by Gasteiger charge is 2.40. The number of anilines is 1. The number of nitrogen functional groups attached to an aromatic ring is 1. The van der Waals surface area contributed by atoms with Crippen LogP contribution in [-0.4, -0.2) is 38.6 Å². The van der Waals surface area contributed by atoms with Crippen LogP contribution >= 0.6 is 0 Å². The van der Waals surface area contributed by atoms with Gasteiger partial charge in [0, 0.05) is 11.7 Å². The topological polar surface area (TPSA) is 101 Å². The first-order chi connectivity index (χ1) is 7.65. The van der Waals surface area contributed by atoms with Gasteiger partial charge in [0.05, 0.1) is 11.2 Å². The second-order valence-electron chi connectivity index (χ2n) is 4.91. The summed E-state index contributed by atoms with van der Waals surface area (Å²) in [6.45, 7) is 6.57. The second kappa shape index (κ2) is 4.60. The Morgan fingerprint density at radius 1 is 1.35 bits per heavy atom. The van der Waals surface area contributed by atoms with Crippen molar-refractivity contribution in [1.82, 2.24) is 10.2 Å². The molecule has 1 rings (SSSR count). The molecular weight excluding hydrogens is 221 g/mol. The Labute approximate surface area is 101 Å². The first kappa shape index (κ1) is 13.9. The molecule has 1 heterocycles. The molecule has 0 aliphatic carbocycles. The van der Waals surface area contributed by atoms with Crippen molar-refractivity contribution < 1.29 is 14.8 Å². The van der Waals surface area contributed by atoms with Crippen molar-refractivity contribution in [3.05, 3.63) is 12.3 Å². The van der Waals surface area contributed by atoms with Crippen LogP contribution in [0.4, 0.5) is 5.82 Å². The van der Waals surface area contributed by atoms with E-state index in [1.165, 1.54) is 12.3 Å². The Morgan fingerprint density at radius 3 is 2.41 bits per heavy atom. The Morgan fingerprint density at radius 2 is 1.94 bits per heavy atom. The maximum Gasteiger partial charge on any atom is 0.495 e. The molecule has 0 unspecified atom stereocenters. The van der Waals surface area contributed by atoms with Crippen molar-refractivity contribution in [2.24, 2.45) is 0 Å². The van der Waals surface area contributed by atoms with Crippen LogP contribution in [0.5, 0.6) is 0 Å². The van der Waals surface area contributed by atoms with E-state index in [9.17, 15) is 10.1 Å². The summed E-state index contributed by atoms with van der Waals surface area (Å²) in [5, 5.41) is 27.0. The molecule has 0 radical (unpaired) electrons. The molecule has 4 N–H and O–H groups in total. The maximum absolute atomic E-state index is 9.92. The lowest BCUT2D eigenvalue weighted by atomic mass is 9.77. The summed E-state index contributed by atoms with van der Waals surface area (Å²) in [6.07, 6.45) is 1.41. The van der Waals surface area contributed by atoms with Crippen molar-refractivity contribution >= 4 is 18.4 Å². The summed E-state index contributed by atoms with van der Waals surface area (Å²) in [5.74, 6) is 0.103. The highest BCUT2D eigenvalue weighted by molar-refractivity contribution is 6.61. The van der Waals surface area contributed by atoms with Crippen LogP contribution in [0.25, 0.3) is 0 Å². The minimum absolute atomic E-state index is 0.103. The third kappa shape index (κ3) is 3.15. The van der Waals surface area contributed by atoms with Crippen molar-refractivity contribution in [2.75, 3.05) is 5.73 Å². The molecule has 0 saturated carbocycles. The summed E-state index contributed by atoms with van der Waals surface area (Å²) in [6, 6.07) is 1.52. The van der Waals surface area contributed by atoms with E-state index in [0.29, 0.717) is 5.46 Å². The summed E-state index contributed by atoms with van der Waals surface area (Å²) >= 11 is 0. The van der Waals surface area contributed by atoms with Gasteiger partial charge in [-0.3, -0.25) is 0 Å². The zero-order chi connectivity index (χ0) is 13.3. The van der Waals surface area contributed by atoms with E-state index in [2.05, 4.69) is 10.2 Å². The molecule has 1 aromatic heterocycles. The fourth-order valence-electron chi connectivity index (χ4n) is 1.05. The van der Waals surface area contributed by atoms with Crippen LogP contribution < -0.4 is 11.2 Å². The number of hydrogen-bond donors (Lipinski definition) is 3. The fraction of sp³-hybridized carbons (Fsp3) is 0.600. The van der Waals surface area contributed by atoms with Gasteiger partial charge in [-0.2, -0.15) is 5.10 Å². The molecule has 0 spiro atoms. The molecule has 0 bridgehead atoms. The third-order valence-corrected chi connectivity index (χ3v) is 2.93. The first-order valence-corrected chi connectivity index (χ1v) is 5.30. The summed E-state index contributed by atoms with van der Waals surface area (Å²) in [4.78, 5) is 0. The highest BCUT2D eigenvalue weighted by Crippen LogP contribution is 2.25. The molecule has 0 fully saturated rings. The number of aromatic nitrogens is 2. The smallest absolute Gasteiger partial charge is 0.423 e. The van der Waals surface area contributed by atoms with Crippen molar-refractivity contribution in [2.45, 2.75) is 38.9 Å². The van der Waals surface area contributed by atoms with E-state index in [4.69, 9.17) is 10.4 Å². The normalized spacial score (nSPS) is 12.6. The Hall–Kier alpha value is -1.18. The molecule has 0 aromatic carbocycles. The lowest BCUT2D eigenvalue weighted by Gasteiger charge is -2.38. The summed E-state index contributed by atoms with van der Waals surface area (Å²) < 4.78 is 5.43. The van der Waals surface area contributed by atoms with Crippen molar-refractivity contribution in [3.63, 3.8) is 0 Å². The fourth-order valence-corrected chi connectivity index (χ4v) is 1.05. The minimum Gasteiger partial charge on any atom is -0.423 e. The van der Waals surface area contributed by atoms with E-state index in [0.717, 1.165) is 0 Å². The molecular formula is C10H18BN3O3. The Kier molecular flexibility index (Phi) is 3.76. The van der Waals surface area contributed by atoms with Gasteiger partial charge in [0.15, 0.2) is 0 Å². The third-order valence-electron chi connectivity index (χ3n) is 2.93. The number of nitrogens with zero attached hydrogens (tertiary/aromatic N) is 2. The van der Waals surface area contributed by atoms with Gasteiger partial charge < -0.3 is 20.5 Å². The van der Waals surface area contributed by atoms with Crippen molar-refractivity contribution in [1.29, 1.82) is 0 Å². The predicted octanol–water partition coefficient (Wildman–Crippen LogP) is -0.688. The average molecular weight is 239 g/mol. The van der Waals surface area contributed by atoms with Gasteiger partial charge in [-0.15, -0.1) is 5.10 Å². The monoisotopic (exact) mass is 239 g/mol. The quantitative estimate of drug-likeness (QED) is 0.601. The number of hydrogen-bond acceptors (Lipinski definition) is 6. The van der Waals surface area contributed by atoms with Gasteiger partial charge in [-0.25, -0.2) is 0 Å². The van der Waals surface area contributed by atoms with Crippen LogP contribution in [0.15, 0.2) is 12.3 Å². The van der Waals surface area contributed by atoms with Gasteiger partial charge in [-0.1, -0.05) is 0 Å². The van der Waals surface area contributed by atoms with E-state index in [1.807, 2.05) is 0 Å². The van der Waals surface area contributed by atoms with Crippen LogP contribution in [-0.2, 0) is 4.65 Å². The van der Waals surface area contributed by atoms with Crippen LogP contribution in [0.2, 0.25) is 0 Å². The van der Waals surface area contributed by atoms with E-state index in [-0.39, 0.29) is 5.82 Å². The SMILES string of the molecule is CC(C)(O)C(C)(C)OB(O)c1ccnnc1N. The lowest BCUT2D eigenvalue weighted by molar-refractivity contribution is -0.0982. The van der Waals surface area contributed by atoms with Gasteiger partial charge in [-0.05, 0) is 33.8 Å². The number of rotatable bonds is 4. The van der Waals surface area contributed by atoms with Crippen LogP contribution in [0, 0.1) is 0 Å². The van der Waals surface area contributed by atoms with Gasteiger partial charge in [0.25, 0.3) is 0 Å². The van der Waals surface area contributed by atoms with Crippen LogP contribution in [0.1, 0.15) is 27.7 Å². The molecule has 94 valence electrons. The molecule has 7 heteroatoms. The molecule has 0 aliphatic heterocycles. The van der Waals surface area contributed by atoms with Gasteiger partial charge >= 0.3 is 7.12 Å². The van der Waals surface area contributed by atoms with E-state index < -0.39 is 18.3 Å². The zero-order valence-corrected chi connectivity index (χ0v) is 10.5. The van der Waals surface area contributed by atoms with Gasteiger partial charge in [0.1, 0.15) is 5.82 Å². The second-order valence-corrected chi connectivity index (χ2v) is 4.91. The van der Waals surface area contributed by atoms with E-state index >= 15 is 0 Å². The Balaban J connectivity index is 2.87. The lowest BCUT2D eigenvalue weighted by Crippen LogP contribution is -2.53. The molecule has 0 amide bonds. The molecule has 1 aromatic rings. The summed E-state index contributed by atoms with van der Waals surface area (Å²) in [5.41, 5.74) is 3.85. The molecule has 0 aliphatic rings. The van der Waals surface area contributed by atoms with Gasteiger partial charge in [0.2, 0.25) is 0 Å². The average Bonchev–Trinajstić information content (AvgIpc) is 2.15. The zero-order valence-electron chi connectivity index (χ0n) is 10.5. The maximum atomic E-state index is 9.92. The molecule has 17 heavy (non-hydrogen) atoms. The van der Waals surface area contributed by atoms with Crippen LogP contribution in [0.3, 0.4) is 0 Å². The largest absolute Gasteiger partial charge is 0.495 e. The van der Waals surface area contributed by atoms with E-state index in [1.54, 1.807) is 27.7 Å².